The van der Waals surface area contributed by atoms with E-state index in [2.05, 4.69) is 16.5 Å². The van der Waals surface area contributed by atoms with Crippen LogP contribution >= 0.6 is 0 Å². The van der Waals surface area contributed by atoms with Crippen LogP contribution in [0.1, 0.15) is 44.1 Å². The van der Waals surface area contributed by atoms with Crippen LogP contribution in [0.2, 0.25) is 0 Å². The van der Waals surface area contributed by atoms with Gasteiger partial charge in [-0.05, 0) is 36.1 Å². The fraction of sp³-hybridized carbons (Fsp3) is 0.444. The average Bonchev–Trinajstić information content (AvgIpc) is 3.19. The minimum Gasteiger partial charge on any atom is -0.326 e. The lowest BCUT2D eigenvalue weighted by atomic mass is 10.0. The van der Waals surface area contributed by atoms with Crippen molar-refractivity contribution in [3.05, 3.63) is 48.3 Å². The Morgan fingerprint density at radius 1 is 1.27 bits per heavy atom. The summed E-state index contributed by atoms with van der Waals surface area (Å²) in [6.45, 7) is 0.721. The average molecular weight is 297 g/mol. The van der Waals surface area contributed by atoms with Crippen LogP contribution in [0.15, 0.2) is 42.7 Å². The van der Waals surface area contributed by atoms with Gasteiger partial charge in [0.15, 0.2) is 0 Å². The van der Waals surface area contributed by atoms with E-state index in [1.807, 2.05) is 35.1 Å². The standard InChI is InChI=1S/C18H23N3O/c22-18(10-9-15-5-1-2-6-15)20-17-8-3-7-16(13-17)14-21-12-4-11-19-21/h3-4,7-8,11-13,15H,1-2,5-6,9-10,14H2,(H,20,22). The van der Waals surface area contributed by atoms with Gasteiger partial charge in [-0.15, -0.1) is 0 Å². The predicted molar refractivity (Wildman–Crippen MR) is 87.6 cm³/mol. The zero-order valence-electron chi connectivity index (χ0n) is 12.9. The van der Waals surface area contributed by atoms with E-state index in [-0.39, 0.29) is 5.91 Å². The normalized spacial score (nSPS) is 15.1. The van der Waals surface area contributed by atoms with Gasteiger partial charge < -0.3 is 5.32 Å². The largest absolute Gasteiger partial charge is 0.326 e. The number of anilines is 1. The fourth-order valence-corrected chi connectivity index (χ4v) is 3.19. The summed E-state index contributed by atoms with van der Waals surface area (Å²) in [5.74, 6) is 0.889. The van der Waals surface area contributed by atoms with Crippen molar-refractivity contribution >= 4 is 11.6 Å². The van der Waals surface area contributed by atoms with Crippen LogP contribution in [0.5, 0.6) is 0 Å². The maximum absolute atomic E-state index is 12.1. The summed E-state index contributed by atoms with van der Waals surface area (Å²) >= 11 is 0. The molecule has 2 aromatic rings. The van der Waals surface area contributed by atoms with Crippen LogP contribution in [0.4, 0.5) is 5.69 Å². The van der Waals surface area contributed by atoms with E-state index in [1.165, 1.54) is 25.7 Å². The first kappa shape index (κ1) is 14.8. The minimum atomic E-state index is 0.128. The number of carbonyl (C=O) groups excluding carboxylic acids is 1. The number of rotatable bonds is 6. The first-order valence-corrected chi connectivity index (χ1v) is 8.16. The molecule has 1 fully saturated rings. The first-order valence-electron chi connectivity index (χ1n) is 8.16. The van der Waals surface area contributed by atoms with Crippen LogP contribution in [0.25, 0.3) is 0 Å². The molecule has 0 spiro atoms. The number of nitrogens with zero attached hydrogens (tertiary/aromatic N) is 2. The molecule has 1 aromatic heterocycles. The second-order valence-corrected chi connectivity index (χ2v) is 6.14. The smallest absolute Gasteiger partial charge is 0.224 e. The van der Waals surface area contributed by atoms with Crippen LogP contribution in [0.3, 0.4) is 0 Å². The molecule has 0 unspecified atom stereocenters. The Kier molecular flexibility index (Phi) is 4.88. The van der Waals surface area contributed by atoms with Crippen molar-refractivity contribution in [1.29, 1.82) is 0 Å². The number of aromatic nitrogens is 2. The van der Waals surface area contributed by atoms with E-state index < -0.39 is 0 Å². The van der Waals surface area contributed by atoms with E-state index in [1.54, 1.807) is 6.20 Å². The number of hydrogen-bond acceptors (Lipinski definition) is 2. The molecule has 1 aromatic carbocycles. The van der Waals surface area contributed by atoms with Crippen LogP contribution < -0.4 is 5.32 Å². The number of carbonyl (C=O) groups is 1. The predicted octanol–water partition coefficient (Wildman–Crippen LogP) is 3.84. The van der Waals surface area contributed by atoms with Crippen LogP contribution in [-0.2, 0) is 11.3 Å². The second-order valence-electron chi connectivity index (χ2n) is 6.14. The maximum atomic E-state index is 12.1. The Hall–Kier alpha value is -2.10. The third kappa shape index (κ3) is 4.20. The monoisotopic (exact) mass is 297 g/mol. The lowest BCUT2D eigenvalue weighted by Crippen LogP contribution is -2.13. The van der Waals surface area contributed by atoms with Crippen molar-refractivity contribution in [3.63, 3.8) is 0 Å². The number of amides is 1. The van der Waals surface area contributed by atoms with Gasteiger partial charge in [-0.1, -0.05) is 37.8 Å². The zero-order chi connectivity index (χ0) is 15.2. The Morgan fingerprint density at radius 3 is 2.91 bits per heavy atom. The minimum absolute atomic E-state index is 0.128. The summed E-state index contributed by atoms with van der Waals surface area (Å²) in [5.41, 5.74) is 2.01. The summed E-state index contributed by atoms with van der Waals surface area (Å²) in [5, 5.41) is 7.22. The molecule has 22 heavy (non-hydrogen) atoms. The van der Waals surface area contributed by atoms with Gasteiger partial charge in [0.2, 0.25) is 5.91 Å². The molecule has 0 aliphatic heterocycles. The molecule has 0 atom stereocenters. The summed E-state index contributed by atoms with van der Waals surface area (Å²) in [6.07, 6.45) is 10.6. The topological polar surface area (TPSA) is 46.9 Å². The highest BCUT2D eigenvalue weighted by atomic mass is 16.1. The Bertz CT molecular complexity index is 601. The molecule has 1 N–H and O–H groups in total. The Morgan fingerprint density at radius 2 is 2.14 bits per heavy atom. The van der Waals surface area contributed by atoms with Crippen molar-refractivity contribution in [3.8, 4) is 0 Å². The molecule has 4 nitrogen and oxygen atoms in total. The first-order chi connectivity index (χ1) is 10.8. The molecule has 0 saturated heterocycles. The highest BCUT2D eigenvalue weighted by molar-refractivity contribution is 5.90. The summed E-state index contributed by atoms with van der Waals surface area (Å²) in [6, 6.07) is 9.91. The van der Waals surface area contributed by atoms with Crippen molar-refractivity contribution in [2.24, 2.45) is 5.92 Å². The van der Waals surface area contributed by atoms with Crippen molar-refractivity contribution in [2.75, 3.05) is 5.32 Å². The van der Waals surface area contributed by atoms with Gasteiger partial charge in [-0.2, -0.15) is 5.10 Å². The van der Waals surface area contributed by atoms with E-state index >= 15 is 0 Å². The number of nitrogens with one attached hydrogen (secondary N) is 1. The second kappa shape index (κ2) is 7.25. The van der Waals surface area contributed by atoms with Gasteiger partial charge in [0.1, 0.15) is 0 Å². The van der Waals surface area contributed by atoms with Gasteiger partial charge in [-0.25, -0.2) is 0 Å². The zero-order valence-corrected chi connectivity index (χ0v) is 12.9. The molecular weight excluding hydrogens is 274 g/mol. The fourth-order valence-electron chi connectivity index (χ4n) is 3.19. The van der Waals surface area contributed by atoms with Gasteiger partial charge in [0, 0.05) is 24.5 Å². The van der Waals surface area contributed by atoms with Gasteiger partial charge in [0.05, 0.1) is 6.54 Å². The molecule has 3 rings (SSSR count). The Labute approximate surface area is 131 Å². The molecule has 1 amide bonds. The molecule has 0 bridgehead atoms. The maximum Gasteiger partial charge on any atom is 0.224 e. The summed E-state index contributed by atoms with van der Waals surface area (Å²) < 4.78 is 1.88. The Balaban J connectivity index is 1.52. The van der Waals surface area contributed by atoms with Gasteiger partial charge in [0.25, 0.3) is 0 Å². The van der Waals surface area contributed by atoms with E-state index in [9.17, 15) is 4.79 Å². The van der Waals surface area contributed by atoms with Gasteiger partial charge >= 0.3 is 0 Å². The third-order valence-corrected chi connectivity index (χ3v) is 4.37. The molecule has 4 heteroatoms. The molecular formula is C18H23N3O. The lowest BCUT2D eigenvalue weighted by molar-refractivity contribution is -0.116. The van der Waals surface area contributed by atoms with E-state index in [4.69, 9.17) is 0 Å². The molecule has 116 valence electrons. The van der Waals surface area contributed by atoms with E-state index in [0.717, 1.165) is 30.1 Å². The van der Waals surface area contributed by atoms with Gasteiger partial charge in [-0.3, -0.25) is 9.48 Å². The highest BCUT2D eigenvalue weighted by Crippen LogP contribution is 2.28. The van der Waals surface area contributed by atoms with Crippen molar-refractivity contribution in [1.82, 2.24) is 9.78 Å². The van der Waals surface area contributed by atoms with Crippen LogP contribution in [-0.4, -0.2) is 15.7 Å². The molecule has 1 aliphatic carbocycles. The molecule has 1 saturated carbocycles. The van der Waals surface area contributed by atoms with Crippen molar-refractivity contribution in [2.45, 2.75) is 45.1 Å². The van der Waals surface area contributed by atoms with Crippen LogP contribution in [0, 0.1) is 5.92 Å². The highest BCUT2D eigenvalue weighted by Gasteiger charge is 2.16. The van der Waals surface area contributed by atoms with E-state index in [0.29, 0.717) is 6.42 Å². The number of hydrogen-bond donors (Lipinski definition) is 1. The van der Waals surface area contributed by atoms with Crippen molar-refractivity contribution < 1.29 is 4.79 Å². The molecule has 1 aliphatic rings. The third-order valence-electron chi connectivity index (χ3n) is 4.37. The summed E-state index contributed by atoms with van der Waals surface area (Å²) in [7, 11) is 0. The molecule has 0 radical (unpaired) electrons. The SMILES string of the molecule is O=C(CCC1CCCC1)Nc1cccc(Cn2cccn2)c1. The molecule has 1 heterocycles. The number of benzene rings is 1. The lowest BCUT2D eigenvalue weighted by Gasteiger charge is -2.10. The summed E-state index contributed by atoms with van der Waals surface area (Å²) in [4.78, 5) is 12.1. The quantitative estimate of drug-likeness (QED) is 0.880.